The van der Waals surface area contributed by atoms with Crippen LogP contribution in [0.5, 0.6) is 0 Å². The van der Waals surface area contributed by atoms with Crippen molar-refractivity contribution in [2.75, 3.05) is 0 Å². The second-order valence-electron chi connectivity index (χ2n) is 18.8. The number of hydrogen-bond acceptors (Lipinski definition) is 1. The van der Waals surface area contributed by atoms with E-state index in [0.29, 0.717) is 23.7 Å². The number of nitrogens with zero attached hydrogens (tertiary/aromatic N) is 1. The first-order valence-electron chi connectivity index (χ1n) is 23.0. The van der Waals surface area contributed by atoms with E-state index >= 15 is 0 Å². The Balaban J connectivity index is 1.06. The van der Waals surface area contributed by atoms with Gasteiger partial charge in [0, 0.05) is 23.5 Å². The maximum atomic E-state index is 4.90. The molecule has 0 saturated heterocycles. The molecule has 4 aromatic carbocycles. The maximum absolute atomic E-state index is 4.90. The lowest BCUT2D eigenvalue weighted by molar-refractivity contribution is 0.435. The molecular formula is C55H65N. The Kier molecular flexibility index (Phi) is 11.6. The van der Waals surface area contributed by atoms with Crippen LogP contribution in [-0.4, -0.2) is 4.98 Å². The van der Waals surface area contributed by atoms with E-state index in [1.54, 1.807) is 22.3 Å². The van der Waals surface area contributed by atoms with Gasteiger partial charge in [-0.05, 0) is 174 Å². The van der Waals surface area contributed by atoms with E-state index in [1.807, 2.05) is 0 Å². The minimum absolute atomic E-state index is 0.712. The van der Waals surface area contributed by atoms with Crippen molar-refractivity contribution in [3.05, 3.63) is 125 Å². The molecule has 0 radical (unpaired) electrons. The predicted molar refractivity (Wildman–Crippen MR) is 239 cm³/mol. The highest BCUT2D eigenvalue weighted by molar-refractivity contribution is 5.80. The zero-order valence-corrected chi connectivity index (χ0v) is 34.6. The topological polar surface area (TPSA) is 12.9 Å². The Morgan fingerprint density at radius 3 is 0.839 bits per heavy atom. The van der Waals surface area contributed by atoms with Gasteiger partial charge in [-0.3, -0.25) is 4.98 Å². The summed E-state index contributed by atoms with van der Waals surface area (Å²) >= 11 is 0. The molecule has 4 aliphatic rings. The molecule has 1 nitrogen and oxygen atoms in total. The molecule has 1 heteroatoms. The fraction of sp³-hybridized carbons (Fsp3) is 0.473. The third-order valence-corrected chi connectivity index (χ3v) is 14.5. The van der Waals surface area contributed by atoms with E-state index in [4.69, 9.17) is 4.98 Å². The number of rotatable bonds is 8. The summed E-state index contributed by atoms with van der Waals surface area (Å²) in [6.07, 6.45) is 31.6. The van der Waals surface area contributed by atoms with Gasteiger partial charge in [0.25, 0.3) is 0 Å². The van der Waals surface area contributed by atoms with Gasteiger partial charge >= 0.3 is 0 Å². The molecular weight excluding hydrogens is 675 g/mol. The molecule has 5 aromatic rings. The lowest BCUT2D eigenvalue weighted by atomic mass is 9.78. The maximum Gasteiger partial charge on any atom is 0.0346 e. The summed E-state index contributed by atoms with van der Waals surface area (Å²) in [5.41, 5.74) is 19.5. The summed E-state index contributed by atoms with van der Waals surface area (Å²) in [5.74, 6) is 2.85. The normalized spacial score (nSPS) is 19.3. The fourth-order valence-corrected chi connectivity index (χ4v) is 11.4. The van der Waals surface area contributed by atoms with Crippen molar-refractivity contribution in [1.82, 2.24) is 4.98 Å². The Bertz CT molecular complexity index is 1890. The molecule has 4 fully saturated rings. The van der Waals surface area contributed by atoms with E-state index in [1.165, 1.54) is 184 Å². The van der Waals surface area contributed by atoms with Gasteiger partial charge in [-0.2, -0.15) is 0 Å². The Morgan fingerprint density at radius 1 is 0.286 bits per heavy atom. The van der Waals surface area contributed by atoms with Crippen LogP contribution in [0.15, 0.2) is 91.3 Å². The molecule has 4 aliphatic carbocycles. The van der Waals surface area contributed by atoms with Crippen LogP contribution in [0.4, 0.5) is 0 Å². The molecule has 290 valence electrons. The summed E-state index contributed by atoms with van der Waals surface area (Å²) in [6, 6.07) is 32.3. The van der Waals surface area contributed by atoms with Crippen molar-refractivity contribution in [2.24, 2.45) is 0 Å². The molecule has 0 bridgehead atoms. The smallest absolute Gasteiger partial charge is 0.0346 e. The molecule has 9 rings (SSSR count). The lowest BCUT2D eigenvalue weighted by Gasteiger charge is -2.27. The first-order valence-corrected chi connectivity index (χ1v) is 23.0. The summed E-state index contributed by atoms with van der Waals surface area (Å²) in [5, 5.41) is 0. The Morgan fingerprint density at radius 2 is 0.536 bits per heavy atom. The zero-order chi connectivity index (χ0) is 37.8. The minimum atomic E-state index is 0.712. The molecule has 1 heterocycles. The van der Waals surface area contributed by atoms with E-state index < -0.39 is 0 Å². The van der Waals surface area contributed by atoms with Crippen LogP contribution in [0.3, 0.4) is 0 Å². The Labute approximate surface area is 338 Å². The zero-order valence-electron chi connectivity index (χ0n) is 34.6. The Hall–Kier alpha value is -3.97. The van der Waals surface area contributed by atoms with Crippen molar-refractivity contribution in [2.45, 2.75) is 166 Å². The van der Waals surface area contributed by atoms with Gasteiger partial charge in [0.1, 0.15) is 0 Å². The number of aryl methyl sites for hydroxylation is 2. The van der Waals surface area contributed by atoms with Gasteiger partial charge in [0.05, 0.1) is 0 Å². The monoisotopic (exact) mass is 740 g/mol. The van der Waals surface area contributed by atoms with Crippen molar-refractivity contribution >= 4 is 0 Å². The molecule has 0 N–H and O–H groups in total. The van der Waals surface area contributed by atoms with Crippen LogP contribution >= 0.6 is 0 Å². The molecule has 4 saturated carbocycles. The van der Waals surface area contributed by atoms with E-state index in [0.717, 1.165) is 0 Å². The van der Waals surface area contributed by atoms with Crippen molar-refractivity contribution in [3.63, 3.8) is 0 Å². The molecule has 0 amide bonds. The third kappa shape index (κ3) is 8.63. The first kappa shape index (κ1) is 37.6. The van der Waals surface area contributed by atoms with Crippen LogP contribution < -0.4 is 0 Å². The van der Waals surface area contributed by atoms with E-state index in [9.17, 15) is 0 Å². The van der Waals surface area contributed by atoms with Gasteiger partial charge < -0.3 is 0 Å². The molecule has 0 spiro atoms. The predicted octanol–water partition coefficient (Wildman–Crippen LogP) is 16.6. The van der Waals surface area contributed by atoms with Crippen molar-refractivity contribution in [1.29, 1.82) is 0 Å². The van der Waals surface area contributed by atoms with Crippen LogP contribution in [-0.2, 0) is 0 Å². The van der Waals surface area contributed by atoms with Crippen LogP contribution in [0.2, 0.25) is 0 Å². The molecule has 0 atom stereocenters. The van der Waals surface area contributed by atoms with Gasteiger partial charge in [0.2, 0.25) is 0 Å². The van der Waals surface area contributed by atoms with Crippen LogP contribution in [0, 0.1) is 13.8 Å². The summed E-state index contributed by atoms with van der Waals surface area (Å²) in [4.78, 5) is 4.90. The highest BCUT2D eigenvalue weighted by atomic mass is 14.6. The summed E-state index contributed by atoms with van der Waals surface area (Å²) < 4.78 is 0. The number of aromatic nitrogens is 1. The molecule has 0 unspecified atom stereocenters. The SMILES string of the molecule is Cc1cc(-c2cncc(-c3cc(C)cc(-c4cc(C5CCCCC5)cc(C5CCCCC5)c4)c3)c2)cc(-c2cc(C3CCCCC3)cc(C3CCCCC3)c2)c1. The first-order chi connectivity index (χ1) is 27.5. The third-order valence-electron chi connectivity index (χ3n) is 14.5. The summed E-state index contributed by atoms with van der Waals surface area (Å²) in [6.45, 7) is 4.54. The lowest BCUT2D eigenvalue weighted by Crippen LogP contribution is -2.08. The van der Waals surface area contributed by atoms with E-state index in [2.05, 4.69) is 105 Å². The highest BCUT2D eigenvalue weighted by Gasteiger charge is 2.23. The van der Waals surface area contributed by atoms with Crippen LogP contribution in [0.1, 0.15) is 185 Å². The van der Waals surface area contributed by atoms with Gasteiger partial charge in [-0.25, -0.2) is 0 Å². The largest absolute Gasteiger partial charge is 0.263 e. The number of pyridine rings is 1. The quantitative estimate of drug-likeness (QED) is 0.154. The second-order valence-corrected chi connectivity index (χ2v) is 18.8. The van der Waals surface area contributed by atoms with Crippen LogP contribution in [0.25, 0.3) is 44.5 Å². The summed E-state index contributed by atoms with van der Waals surface area (Å²) in [7, 11) is 0. The average molecular weight is 740 g/mol. The molecule has 56 heavy (non-hydrogen) atoms. The van der Waals surface area contributed by atoms with E-state index in [-0.39, 0.29) is 0 Å². The van der Waals surface area contributed by atoms with Gasteiger partial charge in [-0.15, -0.1) is 0 Å². The average Bonchev–Trinajstić information content (AvgIpc) is 3.27. The van der Waals surface area contributed by atoms with Crippen molar-refractivity contribution < 1.29 is 0 Å². The molecule has 0 aliphatic heterocycles. The molecule has 1 aromatic heterocycles. The van der Waals surface area contributed by atoms with Gasteiger partial charge in [-0.1, -0.05) is 138 Å². The highest BCUT2D eigenvalue weighted by Crippen LogP contribution is 2.43. The standard InChI is InChI=1S/C55H65N/c1-38-23-44(52-31-48(40-15-7-3-8-16-40)29-49(32-52)41-17-9-4-10-18-41)27-46(25-38)54-35-55(37-56-36-54)47-26-39(2)24-45(28-47)53-33-50(42-19-11-5-12-20-42)30-51(34-53)43-21-13-6-14-22-43/h23-37,40-43H,3-22H2,1-2H3. The van der Waals surface area contributed by atoms with Crippen molar-refractivity contribution in [3.8, 4) is 44.5 Å². The fourth-order valence-electron chi connectivity index (χ4n) is 11.4. The van der Waals surface area contributed by atoms with Gasteiger partial charge in [0.15, 0.2) is 0 Å². The number of hydrogen-bond donors (Lipinski definition) is 0. The minimum Gasteiger partial charge on any atom is -0.263 e. The number of benzene rings is 4. The second kappa shape index (κ2) is 17.3.